The van der Waals surface area contributed by atoms with E-state index in [0.29, 0.717) is 5.56 Å². The maximum Gasteiger partial charge on any atom is 0.331 e. The second-order valence-corrected chi connectivity index (χ2v) is 5.65. The van der Waals surface area contributed by atoms with E-state index in [1.165, 1.54) is 11.0 Å². The molecule has 0 heterocycles. The summed E-state index contributed by atoms with van der Waals surface area (Å²) in [6.45, 7) is 1.97. The van der Waals surface area contributed by atoms with E-state index in [2.05, 4.69) is 0 Å². The highest BCUT2D eigenvalue weighted by Crippen LogP contribution is 2.20. The van der Waals surface area contributed by atoms with Crippen LogP contribution in [0.25, 0.3) is 6.08 Å². The normalized spacial score (nSPS) is 12.0. The lowest BCUT2D eigenvalue weighted by molar-refractivity contribution is -0.155. The Hall–Kier alpha value is -2.88. The Labute approximate surface area is 142 Å². The number of carbonyl (C=O) groups excluding carboxylic acids is 2. The van der Waals surface area contributed by atoms with Gasteiger partial charge in [0, 0.05) is 25.7 Å². The predicted octanol–water partition coefficient (Wildman–Crippen LogP) is 3.38. The fraction of sp³-hybridized carbons (Fsp3) is 0.200. The van der Waals surface area contributed by atoms with Gasteiger partial charge in [-0.25, -0.2) is 4.79 Å². The number of esters is 1. The lowest BCUT2D eigenvalue weighted by Gasteiger charge is -2.20. The van der Waals surface area contributed by atoms with Crippen LogP contribution in [-0.2, 0) is 14.3 Å². The molecular weight excluding hydrogens is 302 g/mol. The Morgan fingerprint density at radius 1 is 1.00 bits per heavy atom. The van der Waals surface area contributed by atoms with Crippen molar-refractivity contribution in [1.82, 2.24) is 4.90 Å². The van der Waals surface area contributed by atoms with Crippen LogP contribution in [0.5, 0.6) is 0 Å². The zero-order valence-electron chi connectivity index (χ0n) is 14.1. The number of aryl methyl sites for hydroxylation is 1. The van der Waals surface area contributed by atoms with Gasteiger partial charge in [-0.1, -0.05) is 54.6 Å². The van der Waals surface area contributed by atoms with Gasteiger partial charge in [0.2, 0.25) is 6.10 Å². The van der Waals surface area contributed by atoms with Crippen molar-refractivity contribution in [3.63, 3.8) is 0 Å². The van der Waals surface area contributed by atoms with Crippen molar-refractivity contribution in [1.29, 1.82) is 0 Å². The molecule has 2 rings (SSSR count). The second-order valence-electron chi connectivity index (χ2n) is 5.65. The molecule has 0 unspecified atom stereocenters. The summed E-state index contributed by atoms with van der Waals surface area (Å²) in [5.74, 6) is -0.832. The number of hydrogen-bond acceptors (Lipinski definition) is 3. The van der Waals surface area contributed by atoms with E-state index < -0.39 is 12.1 Å². The number of ether oxygens (including phenoxy) is 1. The minimum absolute atomic E-state index is 0.279. The second kappa shape index (κ2) is 8.11. The molecule has 2 aromatic carbocycles. The number of amides is 1. The first-order valence-electron chi connectivity index (χ1n) is 7.69. The number of rotatable bonds is 5. The molecule has 1 atom stereocenters. The van der Waals surface area contributed by atoms with E-state index in [1.807, 2.05) is 49.4 Å². The third kappa shape index (κ3) is 4.56. The highest BCUT2D eigenvalue weighted by molar-refractivity contribution is 5.91. The van der Waals surface area contributed by atoms with Crippen molar-refractivity contribution in [2.75, 3.05) is 14.1 Å². The Morgan fingerprint density at radius 2 is 1.62 bits per heavy atom. The molecule has 0 saturated carbocycles. The first-order chi connectivity index (χ1) is 11.5. The maximum atomic E-state index is 12.3. The first kappa shape index (κ1) is 17.5. The molecule has 1 amide bonds. The summed E-state index contributed by atoms with van der Waals surface area (Å²) in [5.41, 5.74) is 2.64. The van der Waals surface area contributed by atoms with Gasteiger partial charge in [-0.15, -0.1) is 0 Å². The number of carbonyl (C=O) groups is 2. The minimum Gasteiger partial charge on any atom is -0.444 e. The smallest absolute Gasteiger partial charge is 0.331 e. The number of likely N-dealkylation sites (N-methyl/N-ethyl adjacent to an activating group) is 1. The molecule has 4 nitrogen and oxygen atoms in total. The van der Waals surface area contributed by atoms with Crippen molar-refractivity contribution >= 4 is 18.0 Å². The van der Waals surface area contributed by atoms with Crippen LogP contribution in [-0.4, -0.2) is 30.9 Å². The quantitative estimate of drug-likeness (QED) is 0.626. The number of benzene rings is 2. The highest BCUT2D eigenvalue weighted by atomic mass is 16.5. The van der Waals surface area contributed by atoms with Gasteiger partial charge in [0.15, 0.2) is 0 Å². The minimum atomic E-state index is -0.949. The molecule has 0 aliphatic rings. The molecule has 2 aromatic rings. The van der Waals surface area contributed by atoms with Crippen LogP contribution in [0.1, 0.15) is 22.8 Å². The average Bonchev–Trinajstić information content (AvgIpc) is 2.59. The fourth-order valence-corrected chi connectivity index (χ4v) is 2.21. The van der Waals surface area contributed by atoms with E-state index in [4.69, 9.17) is 4.74 Å². The molecule has 0 bridgehead atoms. The number of nitrogens with zero attached hydrogens (tertiary/aromatic N) is 1. The summed E-state index contributed by atoms with van der Waals surface area (Å²) in [6.07, 6.45) is 2.09. The predicted molar refractivity (Wildman–Crippen MR) is 94.2 cm³/mol. The Morgan fingerprint density at radius 3 is 2.25 bits per heavy atom. The Balaban J connectivity index is 2.16. The molecular formula is C20H21NO3. The summed E-state index contributed by atoms with van der Waals surface area (Å²) in [6, 6.07) is 16.7. The van der Waals surface area contributed by atoms with Gasteiger partial charge in [-0.05, 0) is 24.1 Å². The van der Waals surface area contributed by atoms with Gasteiger partial charge >= 0.3 is 5.97 Å². The zero-order valence-corrected chi connectivity index (χ0v) is 14.1. The third-order valence-electron chi connectivity index (χ3n) is 3.59. The molecule has 0 spiro atoms. The fourth-order valence-electron chi connectivity index (χ4n) is 2.21. The van der Waals surface area contributed by atoms with Crippen molar-refractivity contribution < 1.29 is 14.3 Å². The van der Waals surface area contributed by atoms with Gasteiger partial charge in [0.05, 0.1) is 0 Å². The van der Waals surface area contributed by atoms with E-state index in [0.717, 1.165) is 11.1 Å². The van der Waals surface area contributed by atoms with Gasteiger partial charge in [-0.3, -0.25) is 4.79 Å². The standard InChI is InChI=1S/C20H21NO3/c1-15-9-7-8-10-16(15)13-14-18(22)24-19(20(23)21(2)3)17-11-5-4-6-12-17/h4-14,19H,1-3H3/b14-13+/t19-/m1/s1. The SMILES string of the molecule is Cc1ccccc1/C=C/C(=O)O[C@@H](C(=O)N(C)C)c1ccccc1. The average molecular weight is 323 g/mol. The van der Waals surface area contributed by atoms with Crippen molar-refractivity contribution in [3.05, 3.63) is 77.4 Å². The van der Waals surface area contributed by atoms with Gasteiger partial charge in [0.25, 0.3) is 5.91 Å². The molecule has 0 fully saturated rings. The van der Waals surface area contributed by atoms with Gasteiger partial charge in [0.1, 0.15) is 0 Å². The summed E-state index contributed by atoms with van der Waals surface area (Å²) in [4.78, 5) is 25.9. The van der Waals surface area contributed by atoms with Crippen LogP contribution in [0.4, 0.5) is 0 Å². The van der Waals surface area contributed by atoms with Crippen LogP contribution in [0.15, 0.2) is 60.7 Å². The van der Waals surface area contributed by atoms with Crippen LogP contribution >= 0.6 is 0 Å². The van der Waals surface area contributed by atoms with Gasteiger partial charge < -0.3 is 9.64 Å². The number of hydrogen-bond donors (Lipinski definition) is 0. The van der Waals surface area contributed by atoms with Gasteiger partial charge in [-0.2, -0.15) is 0 Å². The van der Waals surface area contributed by atoms with E-state index in [9.17, 15) is 9.59 Å². The molecule has 0 aliphatic carbocycles. The third-order valence-corrected chi connectivity index (χ3v) is 3.59. The summed E-state index contributed by atoms with van der Waals surface area (Å²) < 4.78 is 5.40. The molecule has 0 N–H and O–H groups in total. The molecule has 4 heteroatoms. The highest BCUT2D eigenvalue weighted by Gasteiger charge is 2.25. The summed E-state index contributed by atoms with van der Waals surface area (Å²) in [7, 11) is 3.27. The topological polar surface area (TPSA) is 46.6 Å². The summed E-state index contributed by atoms with van der Waals surface area (Å²) in [5, 5.41) is 0. The lowest BCUT2D eigenvalue weighted by Crippen LogP contribution is -2.30. The molecule has 0 saturated heterocycles. The first-order valence-corrected chi connectivity index (χ1v) is 7.69. The van der Waals surface area contributed by atoms with Crippen molar-refractivity contribution in [3.8, 4) is 0 Å². The van der Waals surface area contributed by atoms with E-state index >= 15 is 0 Å². The van der Waals surface area contributed by atoms with Crippen LogP contribution < -0.4 is 0 Å². The van der Waals surface area contributed by atoms with Crippen LogP contribution in [0.2, 0.25) is 0 Å². The molecule has 124 valence electrons. The molecule has 24 heavy (non-hydrogen) atoms. The molecule has 0 aromatic heterocycles. The largest absolute Gasteiger partial charge is 0.444 e. The monoisotopic (exact) mass is 323 g/mol. The van der Waals surface area contributed by atoms with Crippen LogP contribution in [0.3, 0.4) is 0 Å². The van der Waals surface area contributed by atoms with E-state index in [-0.39, 0.29) is 5.91 Å². The summed E-state index contributed by atoms with van der Waals surface area (Å²) >= 11 is 0. The van der Waals surface area contributed by atoms with Crippen molar-refractivity contribution in [2.45, 2.75) is 13.0 Å². The lowest BCUT2D eigenvalue weighted by atomic mass is 10.1. The van der Waals surface area contributed by atoms with Crippen LogP contribution in [0, 0.1) is 6.92 Å². The van der Waals surface area contributed by atoms with Crippen molar-refractivity contribution in [2.24, 2.45) is 0 Å². The van der Waals surface area contributed by atoms with E-state index in [1.54, 1.807) is 32.3 Å². The molecule has 0 radical (unpaired) electrons. The Bertz CT molecular complexity index is 736. The Kier molecular flexibility index (Phi) is 5.90. The maximum absolute atomic E-state index is 12.3. The molecule has 0 aliphatic heterocycles. The zero-order chi connectivity index (χ0) is 17.5.